The first-order valence-corrected chi connectivity index (χ1v) is 17.5. The Labute approximate surface area is 362 Å². The molecule has 9 nitrogen and oxygen atoms in total. The Hall–Kier alpha value is -5.64. The SMILES string of the molecule is C.C=CCN.C=CCNC(=O)OCCc1c2ccccc2cc2ccccc12.CC#N.O=C(OCCc1c2ccccc2cc2ccccc12)n1ccnc1.[2H][B].[U]. The van der Waals surface area contributed by atoms with Crippen molar-refractivity contribution in [3.05, 3.63) is 164 Å². The average molecular weight is 987 g/mol. The number of fused-ring (bicyclic) bond motifs is 4. The van der Waals surface area contributed by atoms with Crippen LogP contribution in [0.5, 0.6) is 0 Å². The number of carbonyl (C=O) groups excluding carboxylic acids is 2. The molecule has 57 heavy (non-hydrogen) atoms. The first-order chi connectivity index (χ1) is 27.4. The summed E-state index contributed by atoms with van der Waals surface area (Å²) >= 11 is 0. The number of ether oxygens (including phenoxy) is 2. The summed E-state index contributed by atoms with van der Waals surface area (Å²) in [5, 5.41) is 19.6. The van der Waals surface area contributed by atoms with E-state index in [4.69, 9.17) is 21.8 Å². The first kappa shape index (κ1) is 47.5. The molecule has 11 heteroatoms. The number of nitrogens with zero attached hydrogens (tertiary/aromatic N) is 3. The molecule has 0 aliphatic carbocycles. The molecule has 2 radical (unpaired) electrons. The number of benzene rings is 6. The maximum Gasteiger partial charge on any atom is 0.419 e. The van der Waals surface area contributed by atoms with Crippen LogP contribution in [-0.2, 0) is 22.3 Å². The Morgan fingerprint density at radius 1 is 0.807 bits per heavy atom. The van der Waals surface area contributed by atoms with Gasteiger partial charge in [-0.1, -0.05) is 117 Å². The zero-order valence-corrected chi connectivity index (χ0v) is 35.7. The third-order valence-corrected chi connectivity index (χ3v) is 8.20. The Balaban J connectivity index is 0.000000469. The van der Waals surface area contributed by atoms with Gasteiger partial charge in [0, 0.05) is 84.7 Å². The van der Waals surface area contributed by atoms with Gasteiger partial charge in [-0.3, -0.25) is 0 Å². The van der Waals surface area contributed by atoms with Crippen molar-refractivity contribution in [3.8, 4) is 6.07 Å². The molecule has 0 aliphatic heterocycles. The molecule has 3 N–H and O–H groups in total. The molecule has 0 bridgehead atoms. The third-order valence-electron chi connectivity index (χ3n) is 8.20. The van der Waals surface area contributed by atoms with E-state index < -0.39 is 12.2 Å². The Morgan fingerprint density at radius 3 is 1.54 bits per heavy atom. The van der Waals surface area contributed by atoms with Gasteiger partial charge in [0.05, 0.1) is 19.3 Å². The molecule has 1 heterocycles. The van der Waals surface area contributed by atoms with Gasteiger partial charge in [0.15, 0.2) is 0 Å². The van der Waals surface area contributed by atoms with E-state index in [-0.39, 0.29) is 38.5 Å². The quantitative estimate of drug-likeness (QED) is 0.0837. The van der Waals surface area contributed by atoms with E-state index >= 15 is 0 Å². The van der Waals surface area contributed by atoms with Gasteiger partial charge in [0.1, 0.15) is 6.33 Å². The van der Waals surface area contributed by atoms with E-state index in [2.05, 4.69) is 92.5 Å². The van der Waals surface area contributed by atoms with Gasteiger partial charge < -0.3 is 20.5 Å². The number of carbonyl (C=O) groups is 2. The molecular formula is C46H50BN5O4U. The molecule has 0 aliphatic rings. The Morgan fingerprint density at radius 2 is 1.19 bits per heavy atom. The number of alkyl carbamates (subject to hydrolysis) is 1. The zero-order valence-electron chi connectivity index (χ0n) is 32.6. The van der Waals surface area contributed by atoms with Crippen LogP contribution in [0.1, 0.15) is 25.5 Å². The summed E-state index contributed by atoms with van der Waals surface area (Å²) in [6, 6.07) is 39.4. The van der Waals surface area contributed by atoms with Crippen molar-refractivity contribution in [1.29, 1.82) is 6.60 Å². The number of nitriles is 1. The second-order valence-corrected chi connectivity index (χ2v) is 11.7. The number of rotatable bonds is 9. The molecule has 1 aromatic heterocycles. The van der Waals surface area contributed by atoms with Gasteiger partial charge in [-0.2, -0.15) is 5.26 Å². The molecule has 1 amide bonds. The molecule has 0 spiro atoms. The summed E-state index contributed by atoms with van der Waals surface area (Å²) < 4.78 is 17.2. The van der Waals surface area contributed by atoms with Crippen LogP contribution >= 0.6 is 0 Å². The van der Waals surface area contributed by atoms with Gasteiger partial charge in [-0.15, -0.1) is 13.2 Å². The maximum absolute atomic E-state index is 11.9. The molecule has 290 valence electrons. The summed E-state index contributed by atoms with van der Waals surface area (Å²) in [7, 11) is 3.75. The number of aromatic nitrogens is 2. The number of hydrogen-bond donors (Lipinski definition) is 2. The molecule has 7 rings (SSSR count). The van der Waals surface area contributed by atoms with Gasteiger partial charge in [-0.05, 0) is 67.7 Å². The minimum absolute atomic E-state index is 0. The van der Waals surface area contributed by atoms with Crippen molar-refractivity contribution in [2.24, 2.45) is 5.73 Å². The van der Waals surface area contributed by atoms with Crippen LogP contribution in [0.15, 0.2) is 153 Å². The maximum atomic E-state index is 11.9. The minimum atomic E-state index is -0.408. The molecule has 0 saturated heterocycles. The predicted molar refractivity (Wildman–Crippen MR) is 233 cm³/mol. The molecule has 0 saturated carbocycles. The fourth-order valence-corrected chi connectivity index (χ4v) is 5.89. The average Bonchev–Trinajstić information content (AvgIpc) is 3.79. The normalized spacial score (nSPS) is 9.60. The molecular weight excluding hydrogens is 935 g/mol. The number of imidazole rings is 1. The molecule has 0 unspecified atom stereocenters. The van der Waals surface area contributed by atoms with E-state index in [0.29, 0.717) is 39.1 Å². The molecule has 0 fully saturated rings. The second-order valence-electron chi connectivity index (χ2n) is 11.7. The number of nitrogens with one attached hydrogen (secondary N) is 1. The summed E-state index contributed by atoms with van der Waals surface area (Å²) in [6.07, 6.45) is 8.39. The smallest absolute Gasteiger partial charge is 0.419 e. The van der Waals surface area contributed by atoms with Crippen molar-refractivity contribution >= 4 is 63.7 Å². The van der Waals surface area contributed by atoms with Crippen LogP contribution < -0.4 is 11.1 Å². The first-order valence-electron chi connectivity index (χ1n) is 18.1. The van der Waals surface area contributed by atoms with E-state index in [1.807, 2.05) is 48.5 Å². The van der Waals surface area contributed by atoms with Crippen LogP contribution in [0.3, 0.4) is 0 Å². The van der Waals surface area contributed by atoms with Crippen molar-refractivity contribution in [2.75, 3.05) is 26.3 Å². The third kappa shape index (κ3) is 14.4. The van der Waals surface area contributed by atoms with E-state index in [1.165, 1.54) is 72.0 Å². The Kier molecular flexibility index (Phi) is 22.5. The zero-order chi connectivity index (χ0) is 40.5. The van der Waals surface area contributed by atoms with Gasteiger partial charge >= 0.3 is 12.2 Å². The van der Waals surface area contributed by atoms with Gasteiger partial charge in [0.2, 0.25) is 0 Å². The van der Waals surface area contributed by atoms with Crippen molar-refractivity contribution in [1.82, 2.24) is 14.9 Å². The number of amides is 1. The monoisotopic (exact) mass is 986 g/mol. The summed E-state index contributed by atoms with van der Waals surface area (Å²) in [6.45, 7) is 10.0. The predicted octanol–water partition coefficient (Wildman–Crippen LogP) is 9.51. The topological polar surface area (TPSA) is 132 Å². The van der Waals surface area contributed by atoms with Crippen LogP contribution in [0.4, 0.5) is 9.59 Å². The summed E-state index contributed by atoms with van der Waals surface area (Å²) in [5.74, 6) is 0. The minimum Gasteiger partial charge on any atom is -0.449 e. The van der Waals surface area contributed by atoms with Crippen LogP contribution in [0.25, 0.3) is 43.1 Å². The van der Waals surface area contributed by atoms with Gasteiger partial charge in [-0.25, -0.2) is 19.1 Å². The summed E-state index contributed by atoms with van der Waals surface area (Å²) in [4.78, 5) is 27.3. The molecule has 6 aromatic carbocycles. The van der Waals surface area contributed by atoms with E-state index in [1.54, 1.807) is 30.6 Å². The second kappa shape index (κ2) is 27.0. The fourth-order valence-electron chi connectivity index (χ4n) is 5.89. The Bertz CT molecular complexity index is 2260. The largest absolute Gasteiger partial charge is 0.449 e. The van der Waals surface area contributed by atoms with Gasteiger partial charge in [0.25, 0.3) is 0 Å². The molecule has 0 atom stereocenters. The fraction of sp³-hybridized carbons (Fsp3) is 0.174. The van der Waals surface area contributed by atoms with Crippen LogP contribution in [-0.4, -0.2) is 57.8 Å². The van der Waals surface area contributed by atoms with E-state index in [9.17, 15) is 9.59 Å². The van der Waals surface area contributed by atoms with E-state index in [0.717, 1.165) is 0 Å². The van der Waals surface area contributed by atoms with Crippen molar-refractivity contribution in [2.45, 2.75) is 27.2 Å². The number of hydrogen-bond acceptors (Lipinski definition) is 7. The van der Waals surface area contributed by atoms with Crippen LogP contribution in [0, 0.1) is 42.4 Å². The molecule has 7 aromatic rings. The van der Waals surface area contributed by atoms with Crippen molar-refractivity contribution in [3.63, 3.8) is 0 Å². The number of nitrogens with two attached hydrogens (primary N) is 1. The van der Waals surface area contributed by atoms with Crippen LogP contribution in [0.2, 0.25) is 0 Å². The standard InChI is InChI=1S/C20H16N2O2.C20H19NO2.C3H7N.C2H3N.CH4.BH.U/c23-20(22-11-10-21-14-22)24-12-9-19-17-7-3-1-5-15(17)13-16-6-2-4-8-18(16)19;1-2-12-21-20(22)23-13-11-19-17-9-5-3-7-15(17)14-16-8-4-6-10-18(16)19;1-2-3-4;1-2-3;;;/h1-8,10-11,13-14H,9,12H2;2-10,14H,1,11-13H2,(H,21,22);2H,1,3-4H2;1H3;1H4;1H;/i;;;;;1D;. The van der Waals surface area contributed by atoms with Crippen molar-refractivity contribution < 1.29 is 50.2 Å². The summed E-state index contributed by atoms with van der Waals surface area (Å²) in [5.41, 5.74) is 7.34.